The molecule has 1 aromatic carbocycles. The summed E-state index contributed by atoms with van der Waals surface area (Å²) in [5, 5.41) is 0. The Morgan fingerprint density at radius 2 is 2.12 bits per heavy atom. The average Bonchev–Trinajstić information content (AvgIpc) is 2.20. The van der Waals surface area contributed by atoms with Gasteiger partial charge in [-0.25, -0.2) is 8.78 Å². The highest BCUT2D eigenvalue weighted by Gasteiger charge is 2.10. The van der Waals surface area contributed by atoms with E-state index < -0.39 is 6.43 Å². The predicted molar refractivity (Wildman–Crippen MR) is 61.3 cm³/mol. The highest BCUT2D eigenvalue weighted by molar-refractivity contribution is 5.62. The molecular formula is C11H16F2N2O. The summed E-state index contributed by atoms with van der Waals surface area (Å²) in [6, 6.07) is 5.02. The van der Waals surface area contributed by atoms with Crippen LogP contribution >= 0.6 is 0 Å². The normalized spacial score (nSPS) is 10.6. The Morgan fingerprint density at radius 1 is 1.44 bits per heavy atom. The number of benzene rings is 1. The summed E-state index contributed by atoms with van der Waals surface area (Å²) < 4.78 is 29.7. The Labute approximate surface area is 93.8 Å². The molecule has 0 saturated carbocycles. The lowest BCUT2D eigenvalue weighted by Crippen LogP contribution is -2.23. The van der Waals surface area contributed by atoms with Crippen molar-refractivity contribution in [2.24, 2.45) is 0 Å². The van der Waals surface area contributed by atoms with Crippen LogP contribution in [-0.2, 0) is 0 Å². The molecule has 5 heteroatoms. The molecule has 0 spiro atoms. The zero-order valence-electron chi connectivity index (χ0n) is 9.41. The Hall–Kier alpha value is -1.52. The molecule has 0 bridgehead atoms. The standard InChI is InChI=1S/C11H16F2N2O/c1-3-16-10-6-8(4-5-9(10)14)15(2)7-11(12)13/h4-6,11H,3,7,14H2,1-2H3. The van der Waals surface area contributed by atoms with Crippen molar-refractivity contribution in [2.75, 3.05) is 30.8 Å². The third kappa shape index (κ3) is 3.25. The van der Waals surface area contributed by atoms with E-state index in [1.807, 2.05) is 6.92 Å². The highest BCUT2D eigenvalue weighted by atomic mass is 19.3. The van der Waals surface area contributed by atoms with Gasteiger partial charge in [-0.15, -0.1) is 0 Å². The van der Waals surface area contributed by atoms with Crippen molar-refractivity contribution in [3.05, 3.63) is 18.2 Å². The van der Waals surface area contributed by atoms with E-state index in [0.29, 0.717) is 23.7 Å². The fourth-order valence-corrected chi connectivity index (χ4v) is 1.35. The molecule has 0 aliphatic heterocycles. The van der Waals surface area contributed by atoms with Gasteiger partial charge in [0.25, 0.3) is 6.43 Å². The molecule has 0 saturated heterocycles. The van der Waals surface area contributed by atoms with Gasteiger partial charge in [-0.3, -0.25) is 0 Å². The summed E-state index contributed by atoms with van der Waals surface area (Å²) in [6.45, 7) is 2.02. The molecule has 0 radical (unpaired) electrons. The minimum absolute atomic E-state index is 0.310. The summed E-state index contributed by atoms with van der Waals surface area (Å²) in [7, 11) is 1.60. The summed E-state index contributed by atoms with van der Waals surface area (Å²) in [5.41, 5.74) is 6.86. The SMILES string of the molecule is CCOc1cc(N(C)CC(F)F)ccc1N. The number of hydrogen-bond acceptors (Lipinski definition) is 3. The van der Waals surface area contributed by atoms with E-state index in [1.165, 1.54) is 4.90 Å². The van der Waals surface area contributed by atoms with Crippen molar-refractivity contribution >= 4 is 11.4 Å². The first-order chi connectivity index (χ1) is 7.54. The molecule has 0 aromatic heterocycles. The van der Waals surface area contributed by atoms with Gasteiger partial charge < -0.3 is 15.4 Å². The molecule has 1 rings (SSSR count). The van der Waals surface area contributed by atoms with E-state index in [2.05, 4.69) is 0 Å². The topological polar surface area (TPSA) is 38.5 Å². The summed E-state index contributed by atoms with van der Waals surface area (Å²) in [6.07, 6.45) is -2.36. The molecule has 0 amide bonds. The third-order valence-corrected chi connectivity index (χ3v) is 2.15. The first-order valence-corrected chi connectivity index (χ1v) is 5.06. The second kappa shape index (κ2) is 5.53. The maximum absolute atomic E-state index is 12.2. The molecule has 90 valence electrons. The molecule has 0 unspecified atom stereocenters. The van der Waals surface area contributed by atoms with Crippen LogP contribution in [0.4, 0.5) is 20.2 Å². The number of nitrogen functional groups attached to an aromatic ring is 1. The van der Waals surface area contributed by atoms with Crippen LogP contribution in [0.5, 0.6) is 5.75 Å². The Balaban J connectivity index is 2.84. The van der Waals surface area contributed by atoms with Gasteiger partial charge in [0, 0.05) is 18.8 Å². The van der Waals surface area contributed by atoms with Crippen LogP contribution in [0.3, 0.4) is 0 Å². The summed E-state index contributed by atoms with van der Waals surface area (Å²) in [4.78, 5) is 1.46. The van der Waals surface area contributed by atoms with Gasteiger partial charge >= 0.3 is 0 Å². The van der Waals surface area contributed by atoms with Crippen LogP contribution in [-0.4, -0.2) is 26.6 Å². The van der Waals surface area contributed by atoms with E-state index >= 15 is 0 Å². The van der Waals surface area contributed by atoms with Crippen LogP contribution in [0.2, 0.25) is 0 Å². The molecule has 3 nitrogen and oxygen atoms in total. The Morgan fingerprint density at radius 3 is 2.69 bits per heavy atom. The van der Waals surface area contributed by atoms with Crippen LogP contribution < -0.4 is 15.4 Å². The van der Waals surface area contributed by atoms with E-state index in [4.69, 9.17) is 10.5 Å². The van der Waals surface area contributed by atoms with Gasteiger partial charge in [-0.1, -0.05) is 0 Å². The molecule has 0 aliphatic carbocycles. The van der Waals surface area contributed by atoms with Gasteiger partial charge in [0.1, 0.15) is 5.75 Å². The molecule has 0 fully saturated rings. The second-order valence-electron chi connectivity index (χ2n) is 3.43. The number of nitrogens with two attached hydrogens (primary N) is 1. The molecular weight excluding hydrogens is 214 g/mol. The largest absolute Gasteiger partial charge is 0.492 e. The van der Waals surface area contributed by atoms with Crippen molar-refractivity contribution in [3.8, 4) is 5.75 Å². The number of nitrogens with zero attached hydrogens (tertiary/aromatic N) is 1. The molecule has 0 aliphatic rings. The van der Waals surface area contributed by atoms with Crippen molar-refractivity contribution in [1.29, 1.82) is 0 Å². The number of alkyl halides is 2. The van der Waals surface area contributed by atoms with Crippen molar-refractivity contribution in [3.63, 3.8) is 0 Å². The maximum Gasteiger partial charge on any atom is 0.255 e. The van der Waals surface area contributed by atoms with Gasteiger partial charge in [0.05, 0.1) is 18.8 Å². The molecule has 1 aromatic rings. The first kappa shape index (κ1) is 12.5. The third-order valence-electron chi connectivity index (χ3n) is 2.15. The Kier molecular flexibility index (Phi) is 4.34. The highest BCUT2D eigenvalue weighted by Crippen LogP contribution is 2.27. The number of anilines is 2. The van der Waals surface area contributed by atoms with E-state index in [0.717, 1.165) is 0 Å². The average molecular weight is 230 g/mol. The maximum atomic E-state index is 12.2. The molecule has 2 N–H and O–H groups in total. The quantitative estimate of drug-likeness (QED) is 0.789. The Bertz CT molecular complexity index is 345. The summed E-state index contributed by atoms with van der Waals surface area (Å²) >= 11 is 0. The smallest absolute Gasteiger partial charge is 0.255 e. The predicted octanol–water partition coefficient (Wildman–Crippen LogP) is 2.37. The van der Waals surface area contributed by atoms with E-state index in [1.54, 1.807) is 25.2 Å². The zero-order chi connectivity index (χ0) is 12.1. The monoisotopic (exact) mass is 230 g/mol. The van der Waals surface area contributed by atoms with Crippen molar-refractivity contribution in [2.45, 2.75) is 13.3 Å². The second-order valence-corrected chi connectivity index (χ2v) is 3.43. The molecule has 16 heavy (non-hydrogen) atoms. The lowest BCUT2D eigenvalue weighted by Gasteiger charge is -2.20. The van der Waals surface area contributed by atoms with Crippen LogP contribution in [0.1, 0.15) is 6.92 Å². The van der Waals surface area contributed by atoms with Gasteiger partial charge in [0.2, 0.25) is 0 Å². The fraction of sp³-hybridized carbons (Fsp3) is 0.455. The minimum atomic E-state index is -2.36. The van der Waals surface area contributed by atoms with Crippen LogP contribution in [0.15, 0.2) is 18.2 Å². The number of hydrogen-bond donors (Lipinski definition) is 1. The minimum Gasteiger partial charge on any atom is -0.492 e. The number of halogens is 2. The van der Waals surface area contributed by atoms with Crippen LogP contribution in [0.25, 0.3) is 0 Å². The molecule has 0 atom stereocenters. The zero-order valence-corrected chi connectivity index (χ0v) is 9.41. The van der Waals surface area contributed by atoms with Gasteiger partial charge in [-0.2, -0.15) is 0 Å². The van der Waals surface area contributed by atoms with Gasteiger partial charge in [-0.05, 0) is 19.1 Å². The van der Waals surface area contributed by atoms with Crippen molar-refractivity contribution < 1.29 is 13.5 Å². The lowest BCUT2D eigenvalue weighted by molar-refractivity contribution is 0.156. The number of rotatable bonds is 5. The van der Waals surface area contributed by atoms with Gasteiger partial charge in [0.15, 0.2) is 0 Å². The van der Waals surface area contributed by atoms with Crippen LogP contribution in [0, 0.1) is 0 Å². The van der Waals surface area contributed by atoms with E-state index in [9.17, 15) is 8.78 Å². The van der Waals surface area contributed by atoms with Crippen molar-refractivity contribution in [1.82, 2.24) is 0 Å². The number of ether oxygens (including phenoxy) is 1. The first-order valence-electron chi connectivity index (χ1n) is 5.06. The lowest BCUT2D eigenvalue weighted by atomic mass is 10.2. The molecule has 0 heterocycles. The summed E-state index contributed by atoms with van der Waals surface area (Å²) in [5.74, 6) is 0.529. The van der Waals surface area contributed by atoms with E-state index in [-0.39, 0.29) is 6.54 Å². The fourth-order valence-electron chi connectivity index (χ4n) is 1.35.